The average Bonchev–Trinajstić information content (AvgIpc) is 2.91. The van der Waals surface area contributed by atoms with Gasteiger partial charge in [-0.05, 0) is 45.8 Å². The zero-order valence-corrected chi connectivity index (χ0v) is 12.3. The van der Waals surface area contributed by atoms with Gasteiger partial charge in [-0.1, -0.05) is 12.1 Å². The largest absolute Gasteiger partial charge is 0.399 e. The summed E-state index contributed by atoms with van der Waals surface area (Å²) in [5, 5.41) is 4.37. The molecule has 0 atom stereocenters. The van der Waals surface area contributed by atoms with E-state index in [0.717, 1.165) is 27.0 Å². The van der Waals surface area contributed by atoms with Gasteiger partial charge < -0.3 is 5.73 Å². The van der Waals surface area contributed by atoms with Gasteiger partial charge in [0.15, 0.2) is 0 Å². The highest BCUT2D eigenvalue weighted by atomic mass is 79.9. The van der Waals surface area contributed by atoms with Gasteiger partial charge >= 0.3 is 0 Å². The van der Waals surface area contributed by atoms with Crippen LogP contribution in [0.25, 0.3) is 11.1 Å². The molecule has 0 amide bonds. The van der Waals surface area contributed by atoms with Gasteiger partial charge in [0.2, 0.25) is 0 Å². The molecule has 0 radical (unpaired) electrons. The molecule has 2 aromatic heterocycles. The van der Waals surface area contributed by atoms with Crippen molar-refractivity contribution in [2.24, 2.45) is 0 Å². The number of rotatable bonds is 3. The minimum atomic E-state index is 0.655. The molecule has 3 rings (SSSR count). The van der Waals surface area contributed by atoms with Gasteiger partial charge in [0.25, 0.3) is 0 Å². The number of nitrogen functional groups attached to an aromatic ring is 1. The molecule has 100 valence electrons. The average molecular weight is 329 g/mol. The Morgan fingerprint density at radius 3 is 2.50 bits per heavy atom. The highest BCUT2D eigenvalue weighted by Gasteiger charge is 2.03. The van der Waals surface area contributed by atoms with E-state index in [1.54, 1.807) is 6.20 Å². The Hall–Kier alpha value is -2.14. The van der Waals surface area contributed by atoms with Crippen LogP contribution >= 0.6 is 15.9 Å². The molecule has 1 aromatic carbocycles. The molecule has 4 nitrogen and oxygen atoms in total. The summed E-state index contributed by atoms with van der Waals surface area (Å²) in [6.45, 7) is 0.655. The quantitative estimate of drug-likeness (QED) is 0.750. The first kappa shape index (κ1) is 12.9. The summed E-state index contributed by atoms with van der Waals surface area (Å²) in [5.41, 5.74) is 9.60. The van der Waals surface area contributed by atoms with Crippen LogP contribution in [-0.4, -0.2) is 14.8 Å². The first-order chi connectivity index (χ1) is 9.70. The summed E-state index contributed by atoms with van der Waals surface area (Å²) < 4.78 is 2.85. The van der Waals surface area contributed by atoms with Crippen LogP contribution < -0.4 is 5.73 Å². The number of nitrogens with zero attached hydrogens (tertiary/aromatic N) is 3. The molecule has 0 aliphatic carbocycles. The fraction of sp³-hybridized carbons (Fsp3) is 0.0667. The van der Waals surface area contributed by atoms with Crippen molar-refractivity contribution in [3.05, 3.63) is 65.2 Å². The molecule has 0 fully saturated rings. The minimum Gasteiger partial charge on any atom is -0.399 e. The number of benzene rings is 1. The minimum absolute atomic E-state index is 0.655. The summed E-state index contributed by atoms with van der Waals surface area (Å²) in [6, 6.07) is 11.7. The maximum atomic E-state index is 5.69. The number of anilines is 1. The zero-order chi connectivity index (χ0) is 13.9. The van der Waals surface area contributed by atoms with Crippen molar-refractivity contribution >= 4 is 21.6 Å². The van der Waals surface area contributed by atoms with Gasteiger partial charge in [0.05, 0.1) is 18.4 Å². The molecule has 0 bridgehead atoms. The summed E-state index contributed by atoms with van der Waals surface area (Å²) in [7, 11) is 0. The molecule has 0 saturated carbocycles. The maximum absolute atomic E-state index is 5.69. The lowest BCUT2D eigenvalue weighted by Gasteiger charge is -2.01. The summed E-state index contributed by atoms with van der Waals surface area (Å²) >= 11 is 3.38. The number of halogens is 1. The van der Waals surface area contributed by atoms with Gasteiger partial charge in [-0.2, -0.15) is 5.10 Å². The second-order valence-electron chi connectivity index (χ2n) is 4.52. The second kappa shape index (κ2) is 5.46. The number of hydrogen-bond donors (Lipinski definition) is 1. The molecule has 0 unspecified atom stereocenters. The first-order valence-electron chi connectivity index (χ1n) is 6.19. The molecular formula is C15H13BrN4. The fourth-order valence-corrected chi connectivity index (χ4v) is 2.18. The van der Waals surface area contributed by atoms with Crippen molar-refractivity contribution in [3.8, 4) is 11.1 Å². The molecule has 0 spiro atoms. The normalized spacial score (nSPS) is 10.7. The Kier molecular flexibility index (Phi) is 3.52. The SMILES string of the molecule is Nc1ccc(-c2cnn(Cc3ccc(Br)cn3)c2)cc1. The summed E-state index contributed by atoms with van der Waals surface area (Å²) in [4.78, 5) is 4.34. The number of pyridine rings is 1. The Balaban J connectivity index is 1.80. The Labute approximate surface area is 125 Å². The van der Waals surface area contributed by atoms with Crippen molar-refractivity contribution < 1.29 is 0 Å². The van der Waals surface area contributed by atoms with Crippen LogP contribution in [0.1, 0.15) is 5.69 Å². The van der Waals surface area contributed by atoms with Crippen LogP contribution in [0.3, 0.4) is 0 Å². The van der Waals surface area contributed by atoms with E-state index in [-0.39, 0.29) is 0 Å². The maximum Gasteiger partial charge on any atom is 0.0831 e. The van der Waals surface area contributed by atoms with Crippen LogP contribution in [-0.2, 0) is 6.54 Å². The van der Waals surface area contributed by atoms with E-state index in [9.17, 15) is 0 Å². The molecule has 0 aliphatic rings. The molecule has 3 aromatic rings. The van der Waals surface area contributed by atoms with Crippen LogP contribution in [0, 0.1) is 0 Å². The lowest BCUT2D eigenvalue weighted by molar-refractivity contribution is 0.672. The van der Waals surface area contributed by atoms with Gasteiger partial charge in [0, 0.05) is 28.1 Å². The highest BCUT2D eigenvalue weighted by molar-refractivity contribution is 9.10. The molecule has 0 saturated heterocycles. The van der Waals surface area contributed by atoms with Crippen molar-refractivity contribution in [1.29, 1.82) is 0 Å². The van der Waals surface area contributed by atoms with Crippen LogP contribution in [0.5, 0.6) is 0 Å². The number of aromatic nitrogens is 3. The standard InChI is InChI=1S/C15H13BrN4/c16-13-3-6-15(18-8-13)10-20-9-12(7-19-20)11-1-4-14(17)5-2-11/h1-9H,10,17H2. The Bertz CT molecular complexity index is 701. The summed E-state index contributed by atoms with van der Waals surface area (Å²) in [5.74, 6) is 0. The van der Waals surface area contributed by atoms with E-state index in [2.05, 4.69) is 26.0 Å². The smallest absolute Gasteiger partial charge is 0.0831 e. The fourth-order valence-electron chi connectivity index (χ4n) is 1.94. The molecule has 5 heteroatoms. The third kappa shape index (κ3) is 2.88. The molecule has 0 aliphatic heterocycles. The lowest BCUT2D eigenvalue weighted by Crippen LogP contribution is -2.01. The molecule has 2 N–H and O–H groups in total. The number of hydrogen-bond acceptors (Lipinski definition) is 3. The second-order valence-corrected chi connectivity index (χ2v) is 5.43. The van der Waals surface area contributed by atoms with E-state index >= 15 is 0 Å². The molecular weight excluding hydrogens is 316 g/mol. The third-order valence-electron chi connectivity index (χ3n) is 2.99. The third-order valence-corrected chi connectivity index (χ3v) is 3.46. The monoisotopic (exact) mass is 328 g/mol. The van der Waals surface area contributed by atoms with Gasteiger partial charge in [-0.3, -0.25) is 9.67 Å². The van der Waals surface area contributed by atoms with Crippen LogP contribution in [0.4, 0.5) is 5.69 Å². The van der Waals surface area contributed by atoms with E-state index in [1.807, 2.05) is 53.5 Å². The van der Waals surface area contributed by atoms with Crippen LogP contribution in [0.15, 0.2) is 59.5 Å². The first-order valence-corrected chi connectivity index (χ1v) is 6.99. The summed E-state index contributed by atoms with van der Waals surface area (Å²) in [6.07, 6.45) is 5.65. The Morgan fingerprint density at radius 1 is 1.00 bits per heavy atom. The van der Waals surface area contributed by atoms with Crippen molar-refractivity contribution in [3.63, 3.8) is 0 Å². The van der Waals surface area contributed by atoms with E-state index in [0.29, 0.717) is 6.54 Å². The topological polar surface area (TPSA) is 56.7 Å². The predicted octanol–water partition coefficient (Wildman–Crippen LogP) is 3.34. The van der Waals surface area contributed by atoms with Crippen molar-refractivity contribution in [1.82, 2.24) is 14.8 Å². The van der Waals surface area contributed by atoms with Gasteiger partial charge in [-0.25, -0.2) is 0 Å². The number of nitrogens with two attached hydrogens (primary N) is 1. The Morgan fingerprint density at radius 2 is 1.80 bits per heavy atom. The van der Waals surface area contributed by atoms with Crippen LogP contribution in [0.2, 0.25) is 0 Å². The molecule has 20 heavy (non-hydrogen) atoms. The zero-order valence-electron chi connectivity index (χ0n) is 10.7. The van der Waals surface area contributed by atoms with Gasteiger partial charge in [-0.15, -0.1) is 0 Å². The van der Waals surface area contributed by atoms with E-state index < -0.39 is 0 Å². The van der Waals surface area contributed by atoms with E-state index in [4.69, 9.17) is 5.73 Å². The highest BCUT2D eigenvalue weighted by Crippen LogP contribution is 2.20. The van der Waals surface area contributed by atoms with Gasteiger partial charge in [0.1, 0.15) is 0 Å². The van der Waals surface area contributed by atoms with Crippen molar-refractivity contribution in [2.45, 2.75) is 6.54 Å². The van der Waals surface area contributed by atoms with Crippen molar-refractivity contribution in [2.75, 3.05) is 5.73 Å². The predicted molar refractivity (Wildman–Crippen MR) is 83.1 cm³/mol. The lowest BCUT2D eigenvalue weighted by atomic mass is 10.1. The molecule has 2 heterocycles. The van der Waals surface area contributed by atoms with E-state index in [1.165, 1.54) is 0 Å².